The Morgan fingerprint density at radius 2 is 2.06 bits per heavy atom. The Labute approximate surface area is 108 Å². The normalized spacial score (nSPS) is 17.7. The van der Waals surface area contributed by atoms with E-state index < -0.39 is 5.97 Å². The third-order valence-electron chi connectivity index (χ3n) is 4.06. The summed E-state index contributed by atoms with van der Waals surface area (Å²) in [6, 6.07) is 6.07. The summed E-state index contributed by atoms with van der Waals surface area (Å²) in [7, 11) is 1.66. The minimum atomic E-state index is -0.703. The van der Waals surface area contributed by atoms with Crippen LogP contribution in [-0.2, 0) is 10.2 Å². The second-order valence-corrected chi connectivity index (χ2v) is 5.24. The van der Waals surface area contributed by atoms with Gasteiger partial charge in [0.2, 0.25) is 0 Å². The number of aryl methyl sites for hydroxylation is 1. The number of methoxy groups -OCH3 is 1. The Bertz CT molecular complexity index is 445. The van der Waals surface area contributed by atoms with E-state index in [1.807, 2.05) is 19.1 Å². The van der Waals surface area contributed by atoms with Gasteiger partial charge in [-0.25, -0.2) is 0 Å². The molecular formula is C15H20O3. The van der Waals surface area contributed by atoms with Crippen molar-refractivity contribution in [3.63, 3.8) is 0 Å². The molecule has 0 atom stereocenters. The maximum Gasteiger partial charge on any atom is 0.304 e. The fraction of sp³-hybridized carbons (Fsp3) is 0.533. The molecule has 1 aromatic carbocycles. The van der Waals surface area contributed by atoms with Crippen LogP contribution in [0, 0.1) is 6.92 Å². The lowest BCUT2D eigenvalue weighted by Gasteiger charge is -2.28. The zero-order valence-corrected chi connectivity index (χ0v) is 11.0. The largest absolute Gasteiger partial charge is 0.496 e. The van der Waals surface area contributed by atoms with Crippen molar-refractivity contribution in [3.05, 3.63) is 29.3 Å². The standard InChI is InChI=1S/C15H20O3/c1-11-9-12(5-6-13(11)18-2)15(10-14(16)17)7-3-4-8-15/h5-6,9H,3-4,7-8,10H2,1-2H3,(H,16,17). The monoisotopic (exact) mass is 248 g/mol. The molecule has 1 fully saturated rings. The summed E-state index contributed by atoms with van der Waals surface area (Å²) in [5.41, 5.74) is 2.07. The number of aliphatic carboxylic acids is 1. The number of rotatable bonds is 4. The highest BCUT2D eigenvalue weighted by molar-refractivity contribution is 5.69. The molecule has 18 heavy (non-hydrogen) atoms. The smallest absolute Gasteiger partial charge is 0.304 e. The molecule has 1 N–H and O–H groups in total. The summed E-state index contributed by atoms with van der Waals surface area (Å²) in [5.74, 6) is 0.160. The van der Waals surface area contributed by atoms with Crippen LogP contribution in [0.3, 0.4) is 0 Å². The molecule has 1 aliphatic carbocycles. The molecule has 0 unspecified atom stereocenters. The fourth-order valence-electron chi connectivity index (χ4n) is 3.12. The Morgan fingerprint density at radius 3 is 2.56 bits per heavy atom. The van der Waals surface area contributed by atoms with E-state index in [0.717, 1.165) is 42.6 Å². The van der Waals surface area contributed by atoms with Crippen molar-refractivity contribution >= 4 is 5.97 Å². The summed E-state index contributed by atoms with van der Waals surface area (Å²) in [5, 5.41) is 9.15. The van der Waals surface area contributed by atoms with Gasteiger partial charge < -0.3 is 9.84 Å². The summed E-state index contributed by atoms with van der Waals surface area (Å²) >= 11 is 0. The van der Waals surface area contributed by atoms with Crippen molar-refractivity contribution in [3.8, 4) is 5.75 Å². The topological polar surface area (TPSA) is 46.5 Å². The Hall–Kier alpha value is -1.51. The van der Waals surface area contributed by atoms with E-state index in [0.29, 0.717) is 0 Å². The summed E-state index contributed by atoms with van der Waals surface area (Å²) < 4.78 is 5.26. The molecular weight excluding hydrogens is 228 g/mol. The van der Waals surface area contributed by atoms with Crippen LogP contribution < -0.4 is 4.74 Å². The SMILES string of the molecule is COc1ccc(C2(CC(=O)O)CCCC2)cc1C. The molecule has 3 nitrogen and oxygen atoms in total. The van der Waals surface area contributed by atoms with Crippen LogP contribution in [0.2, 0.25) is 0 Å². The van der Waals surface area contributed by atoms with E-state index in [1.54, 1.807) is 7.11 Å². The van der Waals surface area contributed by atoms with E-state index in [9.17, 15) is 4.79 Å². The molecule has 98 valence electrons. The second-order valence-electron chi connectivity index (χ2n) is 5.24. The van der Waals surface area contributed by atoms with E-state index in [2.05, 4.69) is 6.07 Å². The van der Waals surface area contributed by atoms with Crippen LogP contribution in [0.4, 0.5) is 0 Å². The maximum absolute atomic E-state index is 11.1. The van der Waals surface area contributed by atoms with E-state index in [1.165, 1.54) is 0 Å². The van der Waals surface area contributed by atoms with Crippen LogP contribution in [0.25, 0.3) is 0 Å². The molecule has 0 saturated heterocycles. The van der Waals surface area contributed by atoms with Gasteiger partial charge in [0, 0.05) is 5.41 Å². The van der Waals surface area contributed by atoms with Crippen LogP contribution in [0.1, 0.15) is 43.2 Å². The zero-order valence-electron chi connectivity index (χ0n) is 11.0. The third kappa shape index (κ3) is 2.35. The molecule has 0 spiro atoms. The number of carbonyl (C=O) groups is 1. The first-order valence-corrected chi connectivity index (χ1v) is 6.44. The Kier molecular flexibility index (Phi) is 3.60. The number of hydrogen-bond acceptors (Lipinski definition) is 2. The first-order valence-electron chi connectivity index (χ1n) is 6.44. The molecule has 1 saturated carbocycles. The Balaban J connectivity index is 2.37. The molecule has 3 heteroatoms. The van der Waals surface area contributed by atoms with Gasteiger partial charge in [0.1, 0.15) is 5.75 Å². The van der Waals surface area contributed by atoms with Crippen LogP contribution in [0.5, 0.6) is 5.75 Å². The first kappa shape index (κ1) is 12.9. The van der Waals surface area contributed by atoms with Crippen LogP contribution in [0.15, 0.2) is 18.2 Å². The van der Waals surface area contributed by atoms with Gasteiger partial charge in [0.25, 0.3) is 0 Å². The average molecular weight is 248 g/mol. The summed E-state index contributed by atoms with van der Waals surface area (Å²) in [4.78, 5) is 11.1. The molecule has 0 aromatic heterocycles. The van der Waals surface area contributed by atoms with Gasteiger partial charge in [-0.05, 0) is 37.0 Å². The number of carboxylic acids is 1. The molecule has 1 aliphatic rings. The third-order valence-corrected chi connectivity index (χ3v) is 4.06. The van der Waals surface area contributed by atoms with Crippen LogP contribution >= 0.6 is 0 Å². The molecule has 0 amide bonds. The molecule has 1 aromatic rings. The number of benzene rings is 1. The zero-order chi connectivity index (χ0) is 13.2. The number of ether oxygens (including phenoxy) is 1. The van der Waals surface area contributed by atoms with Crippen molar-refractivity contribution in [1.82, 2.24) is 0 Å². The minimum Gasteiger partial charge on any atom is -0.496 e. The van der Waals surface area contributed by atoms with Gasteiger partial charge in [-0.15, -0.1) is 0 Å². The number of carboxylic acid groups (broad SMARTS) is 1. The van der Waals surface area contributed by atoms with Crippen molar-refractivity contribution in [2.75, 3.05) is 7.11 Å². The molecule has 0 bridgehead atoms. The molecule has 2 rings (SSSR count). The van der Waals surface area contributed by atoms with Crippen molar-refractivity contribution < 1.29 is 14.6 Å². The molecule has 0 radical (unpaired) electrons. The summed E-state index contributed by atoms with van der Waals surface area (Å²) in [6.07, 6.45) is 4.44. The average Bonchev–Trinajstić information content (AvgIpc) is 2.77. The first-order chi connectivity index (χ1) is 8.57. The fourth-order valence-corrected chi connectivity index (χ4v) is 3.12. The van der Waals surface area contributed by atoms with Gasteiger partial charge >= 0.3 is 5.97 Å². The molecule has 0 heterocycles. The van der Waals surface area contributed by atoms with Gasteiger partial charge in [-0.1, -0.05) is 25.0 Å². The summed E-state index contributed by atoms with van der Waals surface area (Å²) in [6.45, 7) is 2.01. The maximum atomic E-state index is 11.1. The quantitative estimate of drug-likeness (QED) is 0.889. The van der Waals surface area contributed by atoms with Gasteiger partial charge in [-0.2, -0.15) is 0 Å². The lowest BCUT2D eigenvalue weighted by atomic mass is 9.75. The van der Waals surface area contributed by atoms with E-state index in [-0.39, 0.29) is 11.8 Å². The Morgan fingerprint density at radius 1 is 1.39 bits per heavy atom. The van der Waals surface area contributed by atoms with Crippen molar-refractivity contribution in [2.45, 2.75) is 44.4 Å². The number of hydrogen-bond donors (Lipinski definition) is 1. The van der Waals surface area contributed by atoms with E-state index in [4.69, 9.17) is 9.84 Å². The minimum absolute atomic E-state index is 0.164. The second kappa shape index (κ2) is 5.01. The predicted octanol–water partition coefficient (Wildman–Crippen LogP) is 3.29. The predicted molar refractivity (Wildman–Crippen MR) is 70.1 cm³/mol. The van der Waals surface area contributed by atoms with Gasteiger partial charge in [0.05, 0.1) is 13.5 Å². The lowest BCUT2D eigenvalue weighted by Crippen LogP contribution is -2.26. The van der Waals surface area contributed by atoms with Gasteiger partial charge in [-0.3, -0.25) is 4.79 Å². The highest BCUT2D eigenvalue weighted by Gasteiger charge is 2.37. The highest BCUT2D eigenvalue weighted by atomic mass is 16.5. The van der Waals surface area contributed by atoms with Crippen LogP contribution in [-0.4, -0.2) is 18.2 Å². The lowest BCUT2D eigenvalue weighted by molar-refractivity contribution is -0.138. The van der Waals surface area contributed by atoms with Crippen molar-refractivity contribution in [1.29, 1.82) is 0 Å². The molecule has 0 aliphatic heterocycles. The van der Waals surface area contributed by atoms with E-state index >= 15 is 0 Å². The van der Waals surface area contributed by atoms with Crippen molar-refractivity contribution in [2.24, 2.45) is 0 Å². The van der Waals surface area contributed by atoms with Gasteiger partial charge in [0.15, 0.2) is 0 Å². The highest BCUT2D eigenvalue weighted by Crippen LogP contribution is 2.44.